The van der Waals surface area contributed by atoms with E-state index in [1.165, 1.54) is 34.9 Å². The van der Waals surface area contributed by atoms with E-state index in [0.717, 1.165) is 37.9 Å². The molecule has 1 aliphatic heterocycles. The topological polar surface area (TPSA) is 73.4 Å². The molecular weight excluding hydrogens is 479 g/mol. The number of aromatic nitrogens is 2. The van der Waals surface area contributed by atoms with Gasteiger partial charge >= 0.3 is 0 Å². The van der Waals surface area contributed by atoms with Crippen LogP contribution in [0.1, 0.15) is 48.3 Å². The number of halogens is 2. The molecule has 36 heavy (non-hydrogen) atoms. The predicted octanol–water partition coefficient (Wildman–Crippen LogP) is 4.56. The summed E-state index contributed by atoms with van der Waals surface area (Å²) in [6.45, 7) is 5.05. The van der Waals surface area contributed by atoms with Crippen LogP contribution in [0.3, 0.4) is 0 Å². The molecule has 0 amide bonds. The molecule has 1 fully saturated rings. The van der Waals surface area contributed by atoms with Gasteiger partial charge in [-0.15, -0.1) is 5.92 Å². The zero-order valence-corrected chi connectivity index (χ0v) is 21.3. The third-order valence-corrected chi connectivity index (χ3v) is 7.96. The van der Waals surface area contributed by atoms with Crippen LogP contribution in [-0.2, 0) is 6.42 Å². The van der Waals surface area contributed by atoms with Crippen LogP contribution in [0.25, 0.3) is 5.69 Å². The maximum atomic E-state index is 14.5. The first-order valence-corrected chi connectivity index (χ1v) is 12.3. The first-order chi connectivity index (χ1) is 17.3. The molecule has 2 heterocycles. The number of hydrogen-bond acceptors (Lipinski definition) is 5. The number of rotatable bonds is 3. The van der Waals surface area contributed by atoms with Gasteiger partial charge in [-0.05, 0) is 73.9 Å². The SMILES string of the molecule is CC#Cc1ccc2c(c1)[C@@H](N)C1(CCN(c3cc(=O)n(-c4ccc(OC)c(F)c4Cl)c(C)n3)CC1)C2. The van der Waals surface area contributed by atoms with Crippen molar-refractivity contribution in [2.45, 2.75) is 39.2 Å². The molecule has 8 heteroatoms. The van der Waals surface area contributed by atoms with E-state index in [9.17, 15) is 9.18 Å². The van der Waals surface area contributed by atoms with Crippen molar-refractivity contribution < 1.29 is 9.13 Å². The second-order valence-corrected chi connectivity index (χ2v) is 9.92. The molecule has 1 aromatic heterocycles. The zero-order chi connectivity index (χ0) is 25.6. The molecule has 1 saturated heterocycles. The van der Waals surface area contributed by atoms with E-state index in [1.54, 1.807) is 13.0 Å². The Balaban J connectivity index is 1.38. The summed E-state index contributed by atoms with van der Waals surface area (Å²) in [5.74, 6) is 6.43. The van der Waals surface area contributed by atoms with E-state index >= 15 is 0 Å². The molecule has 1 spiro atoms. The number of benzene rings is 2. The number of ether oxygens (including phenoxy) is 1. The van der Waals surface area contributed by atoms with Crippen molar-refractivity contribution in [3.63, 3.8) is 0 Å². The average Bonchev–Trinajstić information content (AvgIpc) is 3.12. The van der Waals surface area contributed by atoms with Crippen molar-refractivity contribution in [1.29, 1.82) is 0 Å². The van der Waals surface area contributed by atoms with E-state index in [0.29, 0.717) is 11.6 Å². The normalized spacial score (nSPS) is 18.1. The molecule has 0 bridgehead atoms. The average molecular weight is 507 g/mol. The maximum Gasteiger partial charge on any atom is 0.260 e. The minimum Gasteiger partial charge on any atom is -0.494 e. The Kier molecular flexibility index (Phi) is 6.27. The van der Waals surface area contributed by atoms with E-state index < -0.39 is 5.82 Å². The smallest absolute Gasteiger partial charge is 0.260 e. The summed E-state index contributed by atoms with van der Waals surface area (Å²) in [5.41, 5.74) is 10.2. The number of piperidine rings is 1. The molecule has 1 aliphatic carbocycles. The van der Waals surface area contributed by atoms with Crippen molar-refractivity contribution in [3.05, 3.63) is 80.1 Å². The molecule has 2 aliphatic rings. The monoisotopic (exact) mass is 506 g/mol. The summed E-state index contributed by atoms with van der Waals surface area (Å²) in [6, 6.07) is 10.8. The van der Waals surface area contributed by atoms with Gasteiger partial charge in [0.25, 0.3) is 5.56 Å². The largest absolute Gasteiger partial charge is 0.494 e. The molecule has 2 aromatic carbocycles. The van der Waals surface area contributed by atoms with Crippen molar-refractivity contribution in [2.24, 2.45) is 11.1 Å². The number of aryl methyl sites for hydroxylation is 1. The standard InChI is InChI=1S/C28H28ClFN4O2/c1-4-5-18-6-7-19-16-28(27(31)20(19)14-18)10-12-33(13-11-28)23-15-24(35)34(17(2)32-23)21-8-9-22(36-3)26(30)25(21)29/h6-9,14-15,27H,10-13,16,31H2,1-3H3/t27-/m1/s1. The fourth-order valence-corrected chi connectivity index (χ4v) is 5.89. The van der Waals surface area contributed by atoms with Crippen LogP contribution in [0, 0.1) is 30.0 Å². The summed E-state index contributed by atoms with van der Waals surface area (Å²) >= 11 is 6.22. The Morgan fingerprint density at radius 3 is 2.64 bits per heavy atom. The molecule has 0 saturated carbocycles. The van der Waals surface area contributed by atoms with Crippen LogP contribution in [0.2, 0.25) is 5.02 Å². The molecule has 186 valence electrons. The van der Waals surface area contributed by atoms with E-state index in [2.05, 4.69) is 39.9 Å². The molecular formula is C28H28ClFN4O2. The molecule has 0 unspecified atom stereocenters. The fourth-order valence-electron chi connectivity index (χ4n) is 5.65. The van der Waals surface area contributed by atoms with Gasteiger partial charge < -0.3 is 15.4 Å². The second kappa shape index (κ2) is 9.27. The quantitative estimate of drug-likeness (QED) is 0.527. The molecule has 3 aromatic rings. The molecule has 2 N–H and O–H groups in total. The minimum absolute atomic E-state index is 0.00469. The van der Waals surface area contributed by atoms with Gasteiger partial charge in [-0.3, -0.25) is 9.36 Å². The fraction of sp³-hybridized carbons (Fsp3) is 0.357. The number of hydrogen-bond donors (Lipinski definition) is 1. The van der Waals surface area contributed by atoms with Crippen LogP contribution >= 0.6 is 11.6 Å². The van der Waals surface area contributed by atoms with Gasteiger partial charge in [-0.25, -0.2) is 9.37 Å². The Hall–Kier alpha value is -3.34. The van der Waals surface area contributed by atoms with Gasteiger partial charge in [0.1, 0.15) is 16.7 Å². The van der Waals surface area contributed by atoms with E-state index in [-0.39, 0.29) is 33.5 Å². The Morgan fingerprint density at radius 2 is 1.97 bits per heavy atom. The lowest BCUT2D eigenvalue weighted by Gasteiger charge is -2.42. The lowest BCUT2D eigenvalue weighted by Crippen LogP contribution is -2.45. The third kappa shape index (κ3) is 3.95. The third-order valence-electron chi connectivity index (χ3n) is 7.60. The first kappa shape index (κ1) is 24.4. The lowest BCUT2D eigenvalue weighted by molar-refractivity contribution is 0.187. The predicted molar refractivity (Wildman–Crippen MR) is 140 cm³/mol. The zero-order valence-electron chi connectivity index (χ0n) is 20.6. The number of anilines is 1. The van der Waals surface area contributed by atoms with Gasteiger partial charge in [0.05, 0.1) is 12.8 Å². The Morgan fingerprint density at radius 1 is 1.22 bits per heavy atom. The highest BCUT2D eigenvalue weighted by Gasteiger charge is 2.46. The summed E-state index contributed by atoms with van der Waals surface area (Å²) in [4.78, 5) is 19.9. The van der Waals surface area contributed by atoms with E-state index in [1.807, 2.05) is 6.92 Å². The first-order valence-electron chi connectivity index (χ1n) is 12.0. The van der Waals surface area contributed by atoms with Crippen molar-refractivity contribution in [3.8, 4) is 23.3 Å². The molecule has 5 rings (SSSR count). The van der Waals surface area contributed by atoms with Gasteiger partial charge in [-0.1, -0.05) is 23.6 Å². The lowest BCUT2D eigenvalue weighted by atomic mass is 9.73. The Labute approximate surface area is 214 Å². The van der Waals surface area contributed by atoms with Crippen molar-refractivity contribution >= 4 is 17.4 Å². The van der Waals surface area contributed by atoms with Gasteiger partial charge in [-0.2, -0.15) is 0 Å². The number of nitrogens with two attached hydrogens (primary N) is 1. The number of fused-ring (bicyclic) bond motifs is 1. The van der Waals surface area contributed by atoms with Crippen LogP contribution in [0.4, 0.5) is 10.2 Å². The highest BCUT2D eigenvalue weighted by atomic mass is 35.5. The van der Waals surface area contributed by atoms with E-state index in [4.69, 9.17) is 22.1 Å². The number of methoxy groups -OCH3 is 1. The van der Waals surface area contributed by atoms with Crippen LogP contribution in [-0.4, -0.2) is 29.8 Å². The maximum absolute atomic E-state index is 14.5. The highest BCUT2D eigenvalue weighted by Crippen LogP contribution is 2.51. The minimum atomic E-state index is -0.712. The second-order valence-electron chi connectivity index (χ2n) is 9.54. The number of nitrogens with zero attached hydrogens (tertiary/aromatic N) is 3. The Bertz CT molecular complexity index is 1460. The van der Waals surface area contributed by atoms with Gasteiger partial charge in [0, 0.05) is 30.8 Å². The van der Waals surface area contributed by atoms with Crippen LogP contribution < -0.4 is 20.9 Å². The van der Waals surface area contributed by atoms with Gasteiger partial charge in [0.15, 0.2) is 11.6 Å². The van der Waals surface area contributed by atoms with Crippen molar-refractivity contribution in [2.75, 3.05) is 25.1 Å². The van der Waals surface area contributed by atoms with Gasteiger partial charge in [0.2, 0.25) is 0 Å². The molecule has 1 atom stereocenters. The molecule has 6 nitrogen and oxygen atoms in total. The summed E-state index contributed by atoms with van der Waals surface area (Å²) < 4.78 is 20.8. The van der Waals surface area contributed by atoms with Crippen LogP contribution in [0.15, 0.2) is 41.2 Å². The highest BCUT2D eigenvalue weighted by molar-refractivity contribution is 6.32. The van der Waals surface area contributed by atoms with Crippen LogP contribution in [0.5, 0.6) is 5.75 Å². The summed E-state index contributed by atoms with van der Waals surface area (Å²) in [7, 11) is 1.36. The van der Waals surface area contributed by atoms with Crippen molar-refractivity contribution in [1.82, 2.24) is 9.55 Å². The summed E-state index contributed by atoms with van der Waals surface area (Å²) in [5, 5.41) is -0.183. The summed E-state index contributed by atoms with van der Waals surface area (Å²) in [6.07, 6.45) is 2.75. The molecule has 0 radical (unpaired) electrons.